The van der Waals surface area contributed by atoms with Crippen molar-refractivity contribution in [3.8, 4) is 5.75 Å². The average Bonchev–Trinajstić information content (AvgIpc) is 2.30. The van der Waals surface area contributed by atoms with Crippen LogP contribution in [0.1, 0.15) is 27.2 Å². The second kappa shape index (κ2) is 7.91. The Morgan fingerprint density at radius 3 is 2.59 bits per heavy atom. The molecular weight excluding hydrogens is 210 g/mol. The van der Waals surface area contributed by atoms with E-state index in [-0.39, 0.29) is 0 Å². The van der Waals surface area contributed by atoms with Gasteiger partial charge in [0.15, 0.2) is 0 Å². The molecule has 0 fully saturated rings. The molecule has 17 heavy (non-hydrogen) atoms. The Kier molecular flexibility index (Phi) is 6.41. The lowest BCUT2D eigenvalue weighted by atomic mass is 10.1. The van der Waals surface area contributed by atoms with E-state index in [9.17, 15) is 0 Å². The number of rotatable bonds is 7. The first kappa shape index (κ1) is 13.8. The van der Waals surface area contributed by atoms with Crippen LogP contribution in [0.5, 0.6) is 5.75 Å². The van der Waals surface area contributed by atoms with Gasteiger partial charge in [0.05, 0.1) is 6.61 Å². The summed E-state index contributed by atoms with van der Waals surface area (Å²) in [5, 5.41) is 3.44. The molecule has 1 unspecified atom stereocenters. The standard InChI is InChI=1S/C15H23NO/c1-4-16-14(12-13(2)3)10-11-17-15-8-6-5-7-9-15/h5-9,12,14,16H,4,10-11H2,1-3H3. The van der Waals surface area contributed by atoms with Crippen LogP contribution in [0, 0.1) is 0 Å². The number of allylic oxidation sites excluding steroid dienone is 1. The van der Waals surface area contributed by atoms with E-state index in [1.165, 1.54) is 5.57 Å². The summed E-state index contributed by atoms with van der Waals surface area (Å²) in [4.78, 5) is 0. The minimum atomic E-state index is 0.411. The molecule has 0 aliphatic rings. The summed E-state index contributed by atoms with van der Waals surface area (Å²) in [6, 6.07) is 10.4. The zero-order valence-electron chi connectivity index (χ0n) is 11.1. The van der Waals surface area contributed by atoms with Gasteiger partial charge in [-0.3, -0.25) is 0 Å². The Morgan fingerprint density at radius 1 is 1.29 bits per heavy atom. The molecule has 0 spiro atoms. The third-order valence-electron chi connectivity index (χ3n) is 2.44. The highest BCUT2D eigenvalue weighted by molar-refractivity contribution is 5.20. The van der Waals surface area contributed by atoms with E-state index in [4.69, 9.17) is 4.74 Å². The third-order valence-corrected chi connectivity index (χ3v) is 2.44. The molecule has 0 aliphatic heterocycles. The number of hydrogen-bond donors (Lipinski definition) is 1. The summed E-state index contributed by atoms with van der Waals surface area (Å²) in [6.45, 7) is 8.11. The van der Waals surface area contributed by atoms with Crippen LogP contribution in [0.2, 0.25) is 0 Å². The molecule has 0 aliphatic carbocycles. The van der Waals surface area contributed by atoms with Crippen LogP contribution >= 0.6 is 0 Å². The fourth-order valence-electron chi connectivity index (χ4n) is 1.73. The lowest BCUT2D eigenvalue weighted by molar-refractivity contribution is 0.297. The first-order valence-corrected chi connectivity index (χ1v) is 6.28. The predicted molar refractivity (Wildman–Crippen MR) is 73.4 cm³/mol. The number of para-hydroxylation sites is 1. The Balaban J connectivity index is 2.34. The highest BCUT2D eigenvalue weighted by Crippen LogP contribution is 2.09. The molecule has 94 valence electrons. The molecule has 0 aromatic heterocycles. The minimum Gasteiger partial charge on any atom is -0.494 e. The monoisotopic (exact) mass is 233 g/mol. The van der Waals surface area contributed by atoms with E-state index in [0.29, 0.717) is 6.04 Å². The van der Waals surface area contributed by atoms with Gasteiger partial charge in [-0.05, 0) is 32.5 Å². The summed E-state index contributed by atoms with van der Waals surface area (Å²) in [5.74, 6) is 0.944. The molecule has 1 aromatic carbocycles. The van der Waals surface area contributed by atoms with Gasteiger partial charge in [0.2, 0.25) is 0 Å². The summed E-state index contributed by atoms with van der Waals surface area (Å²) >= 11 is 0. The maximum atomic E-state index is 5.70. The van der Waals surface area contributed by atoms with Crippen LogP contribution in [-0.2, 0) is 0 Å². The van der Waals surface area contributed by atoms with Crippen molar-refractivity contribution < 1.29 is 4.74 Å². The van der Waals surface area contributed by atoms with Crippen molar-refractivity contribution in [1.82, 2.24) is 5.32 Å². The largest absolute Gasteiger partial charge is 0.494 e. The zero-order valence-corrected chi connectivity index (χ0v) is 11.1. The quantitative estimate of drug-likeness (QED) is 0.729. The number of hydrogen-bond acceptors (Lipinski definition) is 2. The van der Waals surface area contributed by atoms with Crippen LogP contribution in [0.25, 0.3) is 0 Å². The van der Waals surface area contributed by atoms with E-state index in [1.807, 2.05) is 30.3 Å². The van der Waals surface area contributed by atoms with Crippen molar-refractivity contribution in [2.24, 2.45) is 0 Å². The van der Waals surface area contributed by atoms with Gasteiger partial charge < -0.3 is 10.1 Å². The highest BCUT2D eigenvalue weighted by atomic mass is 16.5. The maximum Gasteiger partial charge on any atom is 0.119 e. The SMILES string of the molecule is CCNC(C=C(C)C)CCOc1ccccc1. The van der Waals surface area contributed by atoms with E-state index in [2.05, 4.69) is 32.2 Å². The normalized spacial score (nSPS) is 11.9. The van der Waals surface area contributed by atoms with Crippen molar-refractivity contribution in [2.45, 2.75) is 33.2 Å². The molecular formula is C15H23NO. The van der Waals surface area contributed by atoms with Crippen molar-refractivity contribution in [2.75, 3.05) is 13.2 Å². The van der Waals surface area contributed by atoms with Gasteiger partial charge in [-0.25, -0.2) is 0 Å². The van der Waals surface area contributed by atoms with Crippen molar-refractivity contribution in [3.05, 3.63) is 42.0 Å². The molecule has 0 amide bonds. The number of ether oxygens (including phenoxy) is 1. The van der Waals surface area contributed by atoms with Crippen molar-refractivity contribution >= 4 is 0 Å². The van der Waals surface area contributed by atoms with Gasteiger partial charge in [-0.1, -0.05) is 36.8 Å². The molecule has 1 atom stereocenters. The topological polar surface area (TPSA) is 21.3 Å². The Labute approximate surface area is 105 Å². The predicted octanol–water partition coefficient (Wildman–Crippen LogP) is 3.40. The van der Waals surface area contributed by atoms with Crippen LogP contribution < -0.4 is 10.1 Å². The Morgan fingerprint density at radius 2 is 2.00 bits per heavy atom. The smallest absolute Gasteiger partial charge is 0.119 e. The average molecular weight is 233 g/mol. The molecule has 0 bridgehead atoms. The first-order chi connectivity index (χ1) is 8.22. The number of likely N-dealkylation sites (N-methyl/N-ethyl adjacent to an activating group) is 1. The Hall–Kier alpha value is -1.28. The second-order valence-corrected chi connectivity index (χ2v) is 4.36. The molecule has 0 saturated heterocycles. The summed E-state index contributed by atoms with van der Waals surface area (Å²) in [5.41, 5.74) is 1.34. The molecule has 0 radical (unpaired) electrons. The van der Waals surface area contributed by atoms with Gasteiger partial charge in [-0.2, -0.15) is 0 Å². The molecule has 2 heteroatoms. The zero-order chi connectivity index (χ0) is 12.5. The van der Waals surface area contributed by atoms with Crippen molar-refractivity contribution in [3.63, 3.8) is 0 Å². The fourth-order valence-corrected chi connectivity index (χ4v) is 1.73. The van der Waals surface area contributed by atoms with E-state index < -0.39 is 0 Å². The highest BCUT2D eigenvalue weighted by Gasteiger charge is 2.03. The van der Waals surface area contributed by atoms with Gasteiger partial charge in [0.25, 0.3) is 0 Å². The molecule has 0 heterocycles. The fraction of sp³-hybridized carbons (Fsp3) is 0.467. The number of nitrogens with one attached hydrogen (secondary N) is 1. The van der Waals surface area contributed by atoms with Gasteiger partial charge in [0.1, 0.15) is 5.75 Å². The molecule has 1 rings (SSSR count). The molecule has 1 aromatic rings. The lowest BCUT2D eigenvalue weighted by Gasteiger charge is -2.15. The lowest BCUT2D eigenvalue weighted by Crippen LogP contribution is -2.28. The Bertz CT molecular complexity index is 328. The second-order valence-electron chi connectivity index (χ2n) is 4.36. The van der Waals surface area contributed by atoms with Crippen LogP contribution in [-0.4, -0.2) is 19.2 Å². The molecule has 2 nitrogen and oxygen atoms in total. The van der Waals surface area contributed by atoms with E-state index >= 15 is 0 Å². The first-order valence-electron chi connectivity index (χ1n) is 6.28. The van der Waals surface area contributed by atoms with Crippen LogP contribution in [0.15, 0.2) is 42.0 Å². The van der Waals surface area contributed by atoms with Crippen LogP contribution in [0.3, 0.4) is 0 Å². The summed E-state index contributed by atoms with van der Waals surface area (Å²) in [7, 11) is 0. The van der Waals surface area contributed by atoms with Crippen molar-refractivity contribution in [1.29, 1.82) is 0 Å². The summed E-state index contributed by atoms with van der Waals surface area (Å²) in [6.07, 6.45) is 3.26. The van der Waals surface area contributed by atoms with Crippen LogP contribution in [0.4, 0.5) is 0 Å². The maximum absolute atomic E-state index is 5.70. The third kappa shape index (κ3) is 6.12. The molecule has 0 saturated carbocycles. The molecule has 1 N–H and O–H groups in total. The number of benzene rings is 1. The van der Waals surface area contributed by atoms with Gasteiger partial charge in [-0.15, -0.1) is 0 Å². The minimum absolute atomic E-state index is 0.411. The summed E-state index contributed by atoms with van der Waals surface area (Å²) < 4.78 is 5.70. The van der Waals surface area contributed by atoms with E-state index in [1.54, 1.807) is 0 Å². The van der Waals surface area contributed by atoms with Gasteiger partial charge >= 0.3 is 0 Å². The van der Waals surface area contributed by atoms with Gasteiger partial charge in [0, 0.05) is 12.5 Å². The van der Waals surface area contributed by atoms with E-state index in [0.717, 1.165) is 25.3 Å².